The Morgan fingerprint density at radius 2 is 1.89 bits per heavy atom. The molecule has 1 aromatic carbocycles. The SMILES string of the molecule is COc1cc(C)cc(C)c1C(=O)c1sccc1C. The van der Waals surface area contributed by atoms with Crippen LogP contribution < -0.4 is 4.74 Å². The van der Waals surface area contributed by atoms with Gasteiger partial charge in [-0.1, -0.05) is 6.07 Å². The van der Waals surface area contributed by atoms with Gasteiger partial charge < -0.3 is 4.74 Å². The summed E-state index contributed by atoms with van der Waals surface area (Å²) in [5, 5.41) is 1.94. The van der Waals surface area contributed by atoms with Gasteiger partial charge in [-0.25, -0.2) is 0 Å². The van der Waals surface area contributed by atoms with E-state index >= 15 is 0 Å². The maximum absolute atomic E-state index is 12.6. The van der Waals surface area contributed by atoms with E-state index < -0.39 is 0 Å². The number of benzene rings is 1. The Hall–Kier alpha value is -1.61. The molecule has 0 N–H and O–H groups in total. The predicted octanol–water partition coefficient (Wildman–Crippen LogP) is 3.91. The largest absolute Gasteiger partial charge is 0.496 e. The third kappa shape index (κ3) is 2.18. The van der Waals surface area contributed by atoms with Crippen LogP contribution in [0.1, 0.15) is 31.9 Å². The lowest BCUT2D eigenvalue weighted by Gasteiger charge is -2.11. The average molecular weight is 260 g/mol. The summed E-state index contributed by atoms with van der Waals surface area (Å²) in [7, 11) is 1.60. The minimum Gasteiger partial charge on any atom is -0.496 e. The Morgan fingerprint density at radius 3 is 2.44 bits per heavy atom. The van der Waals surface area contributed by atoms with Gasteiger partial charge in [0.1, 0.15) is 5.75 Å². The van der Waals surface area contributed by atoms with Crippen molar-refractivity contribution >= 4 is 17.1 Å². The molecule has 1 heterocycles. The van der Waals surface area contributed by atoms with Crippen molar-refractivity contribution in [2.24, 2.45) is 0 Å². The van der Waals surface area contributed by atoms with Crippen molar-refractivity contribution in [1.82, 2.24) is 0 Å². The van der Waals surface area contributed by atoms with E-state index in [1.165, 1.54) is 11.3 Å². The average Bonchev–Trinajstić information content (AvgIpc) is 2.73. The van der Waals surface area contributed by atoms with Crippen molar-refractivity contribution < 1.29 is 9.53 Å². The summed E-state index contributed by atoms with van der Waals surface area (Å²) in [6, 6.07) is 5.88. The lowest BCUT2D eigenvalue weighted by Crippen LogP contribution is -2.06. The number of carbonyl (C=O) groups excluding carboxylic acids is 1. The van der Waals surface area contributed by atoms with Gasteiger partial charge in [0, 0.05) is 0 Å². The van der Waals surface area contributed by atoms with Crippen LogP contribution >= 0.6 is 11.3 Å². The molecule has 0 amide bonds. The third-order valence-corrected chi connectivity index (χ3v) is 3.97. The Balaban J connectivity index is 2.58. The summed E-state index contributed by atoms with van der Waals surface area (Å²) >= 11 is 1.48. The number of rotatable bonds is 3. The van der Waals surface area contributed by atoms with E-state index in [0.717, 1.165) is 21.6 Å². The van der Waals surface area contributed by atoms with E-state index in [2.05, 4.69) is 0 Å². The summed E-state index contributed by atoms with van der Waals surface area (Å²) < 4.78 is 5.35. The van der Waals surface area contributed by atoms with Gasteiger partial charge in [-0.05, 0) is 55.0 Å². The first kappa shape index (κ1) is 12.8. The van der Waals surface area contributed by atoms with Gasteiger partial charge in [0.15, 0.2) is 0 Å². The molecule has 2 rings (SSSR count). The zero-order valence-electron chi connectivity index (χ0n) is 11.0. The number of hydrogen-bond donors (Lipinski definition) is 0. The molecule has 0 saturated heterocycles. The fourth-order valence-electron chi connectivity index (χ4n) is 2.10. The summed E-state index contributed by atoms with van der Waals surface area (Å²) in [6.45, 7) is 5.91. The third-order valence-electron chi connectivity index (χ3n) is 2.96. The van der Waals surface area contributed by atoms with E-state index in [9.17, 15) is 4.79 Å². The normalized spacial score (nSPS) is 10.4. The molecule has 0 radical (unpaired) electrons. The van der Waals surface area contributed by atoms with Crippen LogP contribution in [0.2, 0.25) is 0 Å². The number of thiophene rings is 1. The fraction of sp³-hybridized carbons (Fsp3) is 0.267. The Labute approximate surface area is 111 Å². The zero-order valence-corrected chi connectivity index (χ0v) is 11.9. The second-order valence-electron chi connectivity index (χ2n) is 4.42. The van der Waals surface area contributed by atoms with E-state index in [1.807, 2.05) is 44.4 Å². The first-order chi connectivity index (χ1) is 8.54. The molecule has 94 valence electrons. The van der Waals surface area contributed by atoms with Gasteiger partial charge in [-0.3, -0.25) is 4.79 Å². The summed E-state index contributed by atoms with van der Waals surface area (Å²) in [4.78, 5) is 13.4. The number of carbonyl (C=O) groups is 1. The molecule has 2 nitrogen and oxygen atoms in total. The van der Waals surface area contributed by atoms with Crippen molar-refractivity contribution in [2.45, 2.75) is 20.8 Å². The smallest absolute Gasteiger partial charge is 0.207 e. The number of ketones is 1. The van der Waals surface area contributed by atoms with Crippen LogP contribution in [0.15, 0.2) is 23.6 Å². The van der Waals surface area contributed by atoms with Crippen molar-refractivity contribution in [1.29, 1.82) is 0 Å². The summed E-state index contributed by atoms with van der Waals surface area (Å²) in [5.41, 5.74) is 3.76. The van der Waals surface area contributed by atoms with Crippen LogP contribution in [0.4, 0.5) is 0 Å². The summed E-state index contributed by atoms with van der Waals surface area (Å²) in [5.74, 6) is 0.710. The lowest BCUT2D eigenvalue weighted by molar-refractivity contribution is 0.103. The number of ether oxygens (including phenoxy) is 1. The fourth-order valence-corrected chi connectivity index (χ4v) is 2.97. The van der Waals surface area contributed by atoms with E-state index in [-0.39, 0.29) is 5.78 Å². The molecule has 0 bridgehead atoms. The van der Waals surface area contributed by atoms with Crippen LogP contribution in [-0.4, -0.2) is 12.9 Å². The Bertz CT molecular complexity index is 597. The molecule has 0 unspecified atom stereocenters. The van der Waals surface area contributed by atoms with Gasteiger partial charge in [0.25, 0.3) is 0 Å². The second kappa shape index (κ2) is 4.94. The molecule has 0 aliphatic rings. The van der Waals surface area contributed by atoms with E-state index in [0.29, 0.717) is 11.3 Å². The highest BCUT2D eigenvalue weighted by Crippen LogP contribution is 2.29. The van der Waals surface area contributed by atoms with Gasteiger partial charge in [0.05, 0.1) is 17.6 Å². The summed E-state index contributed by atoms with van der Waals surface area (Å²) in [6.07, 6.45) is 0. The highest BCUT2D eigenvalue weighted by Gasteiger charge is 2.20. The maximum Gasteiger partial charge on any atom is 0.207 e. The minimum atomic E-state index is 0.0526. The molecule has 0 spiro atoms. The van der Waals surface area contributed by atoms with Crippen molar-refractivity contribution in [3.8, 4) is 5.75 Å². The standard InChI is InChI=1S/C15H16O2S/c1-9-7-11(3)13(12(8-9)17-4)14(16)15-10(2)5-6-18-15/h5-8H,1-4H3. The number of hydrogen-bond acceptors (Lipinski definition) is 3. The highest BCUT2D eigenvalue weighted by atomic mass is 32.1. The van der Waals surface area contributed by atoms with Gasteiger partial charge in [0.2, 0.25) is 5.78 Å². The van der Waals surface area contributed by atoms with Crippen LogP contribution in [0.5, 0.6) is 5.75 Å². The first-order valence-electron chi connectivity index (χ1n) is 5.78. The highest BCUT2D eigenvalue weighted by molar-refractivity contribution is 7.12. The molecule has 3 heteroatoms. The van der Waals surface area contributed by atoms with Crippen molar-refractivity contribution in [3.63, 3.8) is 0 Å². The molecule has 2 aromatic rings. The van der Waals surface area contributed by atoms with Crippen LogP contribution in [0.3, 0.4) is 0 Å². The lowest BCUT2D eigenvalue weighted by atomic mass is 9.99. The molecule has 1 aromatic heterocycles. The molecular weight excluding hydrogens is 244 g/mol. The minimum absolute atomic E-state index is 0.0526. The number of aryl methyl sites for hydroxylation is 3. The number of methoxy groups -OCH3 is 1. The second-order valence-corrected chi connectivity index (χ2v) is 5.34. The molecule has 18 heavy (non-hydrogen) atoms. The van der Waals surface area contributed by atoms with Crippen LogP contribution in [0.25, 0.3) is 0 Å². The molecule has 0 fully saturated rings. The predicted molar refractivity (Wildman–Crippen MR) is 75.0 cm³/mol. The molecular formula is C15H16O2S. The van der Waals surface area contributed by atoms with Crippen LogP contribution in [0, 0.1) is 20.8 Å². The van der Waals surface area contributed by atoms with Crippen molar-refractivity contribution in [2.75, 3.05) is 7.11 Å². The molecule has 0 aliphatic heterocycles. The molecule has 0 atom stereocenters. The zero-order chi connectivity index (χ0) is 13.3. The van der Waals surface area contributed by atoms with Gasteiger partial charge >= 0.3 is 0 Å². The first-order valence-corrected chi connectivity index (χ1v) is 6.66. The Morgan fingerprint density at radius 1 is 1.17 bits per heavy atom. The van der Waals surface area contributed by atoms with Gasteiger partial charge in [-0.15, -0.1) is 11.3 Å². The maximum atomic E-state index is 12.6. The van der Waals surface area contributed by atoms with Crippen molar-refractivity contribution in [3.05, 3.63) is 50.7 Å². The van der Waals surface area contributed by atoms with Gasteiger partial charge in [-0.2, -0.15) is 0 Å². The molecule has 0 aliphatic carbocycles. The van der Waals surface area contributed by atoms with E-state index in [1.54, 1.807) is 7.11 Å². The van der Waals surface area contributed by atoms with Crippen LogP contribution in [-0.2, 0) is 0 Å². The monoisotopic (exact) mass is 260 g/mol. The van der Waals surface area contributed by atoms with E-state index in [4.69, 9.17) is 4.74 Å². The molecule has 0 saturated carbocycles. The Kier molecular flexibility index (Phi) is 3.53. The topological polar surface area (TPSA) is 26.3 Å². The quantitative estimate of drug-likeness (QED) is 0.782.